The summed E-state index contributed by atoms with van der Waals surface area (Å²) in [5.74, 6) is -1.28. The first-order valence-corrected chi connectivity index (χ1v) is 10.3. The predicted molar refractivity (Wildman–Crippen MR) is 107 cm³/mol. The van der Waals surface area contributed by atoms with E-state index in [0.717, 1.165) is 25.3 Å². The Hall–Kier alpha value is -1.40. The van der Waals surface area contributed by atoms with Gasteiger partial charge in [0.05, 0.1) is 12.7 Å². The number of aliphatic hydroxyl groups is 1. The van der Waals surface area contributed by atoms with Crippen molar-refractivity contribution in [1.82, 2.24) is 0 Å². The summed E-state index contributed by atoms with van der Waals surface area (Å²) in [5.41, 5.74) is 4.25. The highest BCUT2D eigenvalue weighted by atomic mass is 16.6. The minimum Gasteiger partial charge on any atom is -0.456 e. The molecular weight excluding hydrogens is 346 g/mol. The van der Waals surface area contributed by atoms with E-state index in [9.17, 15) is 14.7 Å². The molecule has 27 heavy (non-hydrogen) atoms. The van der Waals surface area contributed by atoms with Crippen LogP contribution in [-0.2, 0) is 19.1 Å². The van der Waals surface area contributed by atoms with Crippen LogP contribution in [0, 0.1) is 0 Å². The summed E-state index contributed by atoms with van der Waals surface area (Å²) in [7, 11) is 0. The van der Waals surface area contributed by atoms with Crippen LogP contribution >= 0.6 is 0 Å². The molecule has 0 fully saturated rings. The molecule has 3 atom stereocenters. The van der Waals surface area contributed by atoms with Gasteiger partial charge in [-0.25, -0.2) is 4.79 Å². The maximum absolute atomic E-state index is 12.3. The number of rotatable bonds is 17. The van der Waals surface area contributed by atoms with Gasteiger partial charge < -0.3 is 20.3 Å². The maximum Gasteiger partial charge on any atom is 0.330 e. The highest BCUT2D eigenvalue weighted by molar-refractivity contribution is 5.86. The Kier molecular flexibility index (Phi) is 13.9. The van der Waals surface area contributed by atoms with Gasteiger partial charge in [-0.15, -0.1) is 0 Å². The molecule has 0 rings (SSSR count). The van der Waals surface area contributed by atoms with E-state index >= 15 is 0 Å². The van der Waals surface area contributed by atoms with Crippen molar-refractivity contribution in [2.24, 2.45) is 5.73 Å². The number of nitrogens with two attached hydrogens (primary N) is 1. The molecule has 158 valence electrons. The minimum atomic E-state index is -1.44. The molecule has 0 radical (unpaired) electrons. The second-order valence-corrected chi connectivity index (χ2v) is 7.20. The smallest absolute Gasteiger partial charge is 0.330 e. The van der Waals surface area contributed by atoms with Crippen LogP contribution in [0.2, 0.25) is 0 Å². The molecule has 6 nitrogen and oxygen atoms in total. The van der Waals surface area contributed by atoms with Crippen LogP contribution in [0.3, 0.4) is 0 Å². The highest BCUT2D eigenvalue weighted by Gasteiger charge is 2.47. The van der Waals surface area contributed by atoms with Crippen molar-refractivity contribution in [2.45, 2.75) is 103 Å². The Labute approximate surface area is 164 Å². The van der Waals surface area contributed by atoms with Crippen molar-refractivity contribution in [3.05, 3.63) is 12.7 Å². The standard InChI is InChI=1S/C21H39NO5/c1-5-8-9-10-11-12-13-14-18(27-19(24)7-3)21(15-6-2,20(22)25)26-16-17(4)23/h7,17-18,23H,3,5-6,8-16H2,1-2,4H3,(H2,22,25). The number of primary amides is 1. The van der Waals surface area contributed by atoms with Gasteiger partial charge >= 0.3 is 5.97 Å². The molecule has 0 aromatic rings. The van der Waals surface area contributed by atoms with E-state index in [1.807, 2.05) is 6.92 Å². The summed E-state index contributed by atoms with van der Waals surface area (Å²) >= 11 is 0. The largest absolute Gasteiger partial charge is 0.456 e. The monoisotopic (exact) mass is 385 g/mol. The highest BCUT2D eigenvalue weighted by Crippen LogP contribution is 2.30. The molecule has 0 saturated carbocycles. The van der Waals surface area contributed by atoms with Crippen LogP contribution in [0.1, 0.15) is 85.0 Å². The molecule has 0 saturated heterocycles. The molecule has 0 spiro atoms. The van der Waals surface area contributed by atoms with Gasteiger partial charge in [0.1, 0.15) is 6.10 Å². The van der Waals surface area contributed by atoms with E-state index in [2.05, 4.69) is 13.5 Å². The van der Waals surface area contributed by atoms with Crippen LogP contribution in [0.15, 0.2) is 12.7 Å². The summed E-state index contributed by atoms with van der Waals surface area (Å²) in [6, 6.07) is 0. The van der Waals surface area contributed by atoms with Crippen molar-refractivity contribution in [1.29, 1.82) is 0 Å². The first-order valence-electron chi connectivity index (χ1n) is 10.3. The fourth-order valence-electron chi connectivity index (χ4n) is 3.18. The number of hydrogen-bond acceptors (Lipinski definition) is 5. The van der Waals surface area contributed by atoms with Crippen LogP contribution in [0.4, 0.5) is 0 Å². The zero-order valence-electron chi connectivity index (χ0n) is 17.4. The predicted octanol–water partition coefficient (Wildman–Crippen LogP) is 3.65. The lowest BCUT2D eigenvalue weighted by atomic mass is 9.86. The normalized spacial score (nSPS) is 15.6. The van der Waals surface area contributed by atoms with Gasteiger partial charge in [0.15, 0.2) is 5.60 Å². The number of carbonyl (C=O) groups excluding carboxylic acids is 2. The molecular formula is C21H39NO5. The van der Waals surface area contributed by atoms with Gasteiger partial charge in [0, 0.05) is 6.08 Å². The first kappa shape index (κ1) is 25.6. The number of unbranched alkanes of at least 4 members (excludes halogenated alkanes) is 6. The Balaban J connectivity index is 5.14. The third-order valence-electron chi connectivity index (χ3n) is 4.64. The van der Waals surface area contributed by atoms with Crippen molar-refractivity contribution < 1.29 is 24.2 Å². The average molecular weight is 386 g/mol. The summed E-state index contributed by atoms with van der Waals surface area (Å²) in [6.07, 6.45) is 8.71. The van der Waals surface area contributed by atoms with E-state index in [1.54, 1.807) is 6.92 Å². The van der Waals surface area contributed by atoms with Gasteiger partial charge in [0.25, 0.3) is 5.91 Å². The third-order valence-corrected chi connectivity index (χ3v) is 4.64. The lowest BCUT2D eigenvalue weighted by molar-refractivity contribution is -0.185. The maximum atomic E-state index is 12.3. The minimum absolute atomic E-state index is 0.0535. The topological polar surface area (TPSA) is 98.8 Å². The SMILES string of the molecule is C=CC(=O)OC(CCCCCCCCC)C(CCC)(OCC(C)O)C(N)=O. The van der Waals surface area contributed by atoms with Gasteiger partial charge in [-0.1, -0.05) is 65.4 Å². The molecule has 1 amide bonds. The zero-order chi connectivity index (χ0) is 20.7. The van der Waals surface area contributed by atoms with Crippen LogP contribution < -0.4 is 5.73 Å². The molecule has 0 aromatic carbocycles. The van der Waals surface area contributed by atoms with Gasteiger partial charge in [-0.05, 0) is 26.2 Å². The van der Waals surface area contributed by atoms with E-state index in [0.29, 0.717) is 19.3 Å². The van der Waals surface area contributed by atoms with E-state index in [1.165, 1.54) is 25.7 Å². The lowest BCUT2D eigenvalue weighted by Gasteiger charge is -2.37. The Morgan fingerprint density at radius 3 is 2.19 bits per heavy atom. The fourth-order valence-corrected chi connectivity index (χ4v) is 3.18. The number of esters is 1. The van der Waals surface area contributed by atoms with Crippen LogP contribution in [-0.4, -0.2) is 41.4 Å². The van der Waals surface area contributed by atoms with Gasteiger partial charge in [0.2, 0.25) is 0 Å². The van der Waals surface area contributed by atoms with Crippen LogP contribution in [0.25, 0.3) is 0 Å². The second kappa shape index (κ2) is 14.6. The first-order chi connectivity index (χ1) is 12.8. The van der Waals surface area contributed by atoms with E-state index in [4.69, 9.17) is 15.2 Å². The molecule has 0 aliphatic heterocycles. The Morgan fingerprint density at radius 1 is 1.11 bits per heavy atom. The lowest BCUT2D eigenvalue weighted by Crippen LogP contribution is -2.57. The number of amides is 1. The summed E-state index contributed by atoms with van der Waals surface area (Å²) < 4.78 is 11.3. The molecule has 0 aromatic heterocycles. The number of aliphatic hydroxyl groups excluding tert-OH is 1. The zero-order valence-corrected chi connectivity index (χ0v) is 17.4. The molecule has 3 unspecified atom stereocenters. The third kappa shape index (κ3) is 9.91. The molecule has 0 aliphatic carbocycles. The number of hydrogen-bond donors (Lipinski definition) is 2. The van der Waals surface area contributed by atoms with Crippen molar-refractivity contribution in [2.75, 3.05) is 6.61 Å². The van der Waals surface area contributed by atoms with Crippen molar-refractivity contribution >= 4 is 11.9 Å². The Bertz CT molecular complexity index is 438. The molecule has 0 bridgehead atoms. The second-order valence-electron chi connectivity index (χ2n) is 7.20. The van der Waals surface area contributed by atoms with Crippen molar-refractivity contribution in [3.63, 3.8) is 0 Å². The number of ether oxygens (including phenoxy) is 2. The molecule has 0 heterocycles. The van der Waals surface area contributed by atoms with Gasteiger partial charge in [-0.3, -0.25) is 4.79 Å². The van der Waals surface area contributed by atoms with Crippen molar-refractivity contribution in [3.8, 4) is 0 Å². The molecule has 0 aliphatic rings. The summed E-state index contributed by atoms with van der Waals surface area (Å²) in [5, 5.41) is 9.59. The summed E-state index contributed by atoms with van der Waals surface area (Å²) in [4.78, 5) is 24.2. The fraction of sp³-hybridized carbons (Fsp3) is 0.810. The average Bonchev–Trinajstić information content (AvgIpc) is 2.62. The van der Waals surface area contributed by atoms with E-state index < -0.39 is 29.7 Å². The quantitative estimate of drug-likeness (QED) is 0.226. The number of carbonyl (C=O) groups is 2. The van der Waals surface area contributed by atoms with E-state index in [-0.39, 0.29) is 6.61 Å². The van der Waals surface area contributed by atoms with Crippen LogP contribution in [0.5, 0.6) is 0 Å². The molecule has 6 heteroatoms. The summed E-state index contributed by atoms with van der Waals surface area (Å²) in [6.45, 7) is 9.03. The Morgan fingerprint density at radius 2 is 1.70 bits per heavy atom. The van der Waals surface area contributed by atoms with Gasteiger partial charge in [-0.2, -0.15) is 0 Å². The molecule has 3 N–H and O–H groups in total.